The summed E-state index contributed by atoms with van der Waals surface area (Å²) < 4.78 is 73.3. The molecule has 0 spiro atoms. The lowest BCUT2D eigenvalue weighted by Gasteiger charge is -2.22. The van der Waals surface area contributed by atoms with E-state index in [1.165, 1.54) is 24.1 Å². The molecule has 2 nitrogen and oxygen atoms in total. The van der Waals surface area contributed by atoms with Gasteiger partial charge in [-0.25, -0.2) is 0 Å². The van der Waals surface area contributed by atoms with E-state index in [2.05, 4.69) is 0 Å². The summed E-state index contributed by atoms with van der Waals surface area (Å²) in [6, 6.07) is 4.12. The molecule has 0 aromatic heterocycles. The molecule has 0 radical (unpaired) electrons. The normalized spacial score (nSPS) is 14.7. The summed E-state index contributed by atoms with van der Waals surface area (Å²) in [5.74, 6) is 0. The van der Waals surface area contributed by atoms with E-state index >= 15 is 0 Å². The summed E-state index contributed by atoms with van der Waals surface area (Å²) in [5.41, 5.74) is -0.394. The van der Waals surface area contributed by atoms with E-state index in [4.69, 9.17) is 5.11 Å². The van der Waals surface area contributed by atoms with Crippen molar-refractivity contribution in [3.05, 3.63) is 35.4 Å². The number of likely N-dealkylation sites (N-methyl/N-ethyl adjacent to an activating group) is 1. The standard InChI is InChI=1S/C12H13F6NO/c1-19(7-10(20)12(16,17)18)6-8-2-4-9(5-3-8)11(13,14)15/h2-5,10,20H,6-7H2,1H3/t10-/m1/s1. The lowest BCUT2D eigenvalue weighted by atomic mass is 10.1. The number of benzene rings is 1. The number of aliphatic hydroxyl groups excluding tert-OH is 1. The topological polar surface area (TPSA) is 23.5 Å². The van der Waals surface area contributed by atoms with Gasteiger partial charge in [-0.1, -0.05) is 12.1 Å². The zero-order valence-electron chi connectivity index (χ0n) is 10.5. The van der Waals surface area contributed by atoms with Gasteiger partial charge in [-0.3, -0.25) is 4.90 Å². The van der Waals surface area contributed by atoms with Crippen LogP contribution in [0.1, 0.15) is 11.1 Å². The Kier molecular flexibility index (Phi) is 5.04. The predicted molar refractivity (Wildman–Crippen MR) is 59.8 cm³/mol. The predicted octanol–water partition coefficient (Wildman–Crippen LogP) is 3.06. The molecule has 1 aromatic carbocycles. The van der Waals surface area contributed by atoms with Gasteiger partial charge in [0, 0.05) is 13.1 Å². The van der Waals surface area contributed by atoms with Gasteiger partial charge in [0.25, 0.3) is 0 Å². The summed E-state index contributed by atoms with van der Waals surface area (Å²) in [6.45, 7) is -0.643. The fourth-order valence-corrected chi connectivity index (χ4v) is 1.57. The molecule has 0 aliphatic heterocycles. The van der Waals surface area contributed by atoms with E-state index in [9.17, 15) is 26.3 Å². The van der Waals surface area contributed by atoms with Crippen molar-refractivity contribution in [1.29, 1.82) is 0 Å². The molecule has 0 saturated heterocycles. The van der Waals surface area contributed by atoms with Crippen LogP contribution in [0.15, 0.2) is 24.3 Å². The Balaban J connectivity index is 2.61. The second kappa shape index (κ2) is 6.01. The highest BCUT2D eigenvalue weighted by molar-refractivity contribution is 5.24. The van der Waals surface area contributed by atoms with Crippen LogP contribution < -0.4 is 0 Å². The maximum atomic E-state index is 12.3. The minimum Gasteiger partial charge on any atom is -0.382 e. The number of alkyl halides is 6. The van der Waals surface area contributed by atoms with Crippen LogP contribution in [0.3, 0.4) is 0 Å². The largest absolute Gasteiger partial charge is 0.416 e. The van der Waals surface area contributed by atoms with Crippen LogP contribution in [-0.2, 0) is 12.7 Å². The van der Waals surface area contributed by atoms with Gasteiger partial charge in [0.15, 0.2) is 6.10 Å². The van der Waals surface area contributed by atoms with E-state index in [-0.39, 0.29) is 6.54 Å². The molecule has 1 aromatic rings. The fraction of sp³-hybridized carbons (Fsp3) is 0.500. The first-order valence-electron chi connectivity index (χ1n) is 5.59. The molecule has 1 N–H and O–H groups in total. The van der Waals surface area contributed by atoms with E-state index in [0.29, 0.717) is 5.56 Å². The third-order valence-corrected chi connectivity index (χ3v) is 2.60. The Morgan fingerprint density at radius 3 is 1.95 bits per heavy atom. The Morgan fingerprint density at radius 1 is 1.05 bits per heavy atom. The summed E-state index contributed by atoms with van der Waals surface area (Å²) >= 11 is 0. The molecule has 0 aliphatic carbocycles. The molecule has 0 amide bonds. The summed E-state index contributed by atoms with van der Waals surface area (Å²) in [4.78, 5) is 1.18. The minimum atomic E-state index is -4.71. The van der Waals surface area contributed by atoms with E-state index in [1.807, 2.05) is 0 Å². The maximum Gasteiger partial charge on any atom is 0.416 e. The minimum absolute atomic E-state index is 0.00524. The average molecular weight is 301 g/mol. The van der Waals surface area contributed by atoms with Crippen LogP contribution >= 0.6 is 0 Å². The number of nitrogens with zero attached hydrogens (tertiary/aromatic N) is 1. The van der Waals surface area contributed by atoms with Gasteiger partial charge in [-0.15, -0.1) is 0 Å². The third-order valence-electron chi connectivity index (χ3n) is 2.60. The van der Waals surface area contributed by atoms with E-state index < -0.39 is 30.6 Å². The van der Waals surface area contributed by atoms with Crippen molar-refractivity contribution in [2.45, 2.75) is 25.0 Å². The number of aliphatic hydroxyl groups is 1. The highest BCUT2D eigenvalue weighted by Gasteiger charge is 2.38. The second-order valence-electron chi connectivity index (χ2n) is 4.45. The van der Waals surface area contributed by atoms with Gasteiger partial charge < -0.3 is 5.11 Å². The van der Waals surface area contributed by atoms with Crippen molar-refractivity contribution in [2.24, 2.45) is 0 Å². The zero-order valence-corrected chi connectivity index (χ0v) is 10.5. The van der Waals surface area contributed by atoms with Gasteiger partial charge in [-0.05, 0) is 24.7 Å². The lowest BCUT2D eigenvalue weighted by molar-refractivity contribution is -0.207. The molecule has 20 heavy (non-hydrogen) atoms. The SMILES string of the molecule is CN(Cc1ccc(C(F)(F)F)cc1)C[C@@H](O)C(F)(F)F. The molecule has 0 unspecified atom stereocenters. The highest BCUT2D eigenvalue weighted by Crippen LogP contribution is 2.29. The van der Waals surface area contributed by atoms with Crippen molar-refractivity contribution < 1.29 is 31.4 Å². The number of halogens is 6. The molecule has 114 valence electrons. The Hall–Kier alpha value is -1.28. The Bertz CT molecular complexity index is 425. The van der Waals surface area contributed by atoms with Crippen LogP contribution in [0.5, 0.6) is 0 Å². The van der Waals surface area contributed by atoms with Gasteiger partial charge in [0.2, 0.25) is 0 Å². The first-order valence-corrected chi connectivity index (χ1v) is 5.59. The Morgan fingerprint density at radius 2 is 1.55 bits per heavy atom. The second-order valence-corrected chi connectivity index (χ2v) is 4.45. The molecule has 1 rings (SSSR count). The molecular formula is C12H13F6NO. The van der Waals surface area contributed by atoms with Crippen LogP contribution in [0.4, 0.5) is 26.3 Å². The quantitative estimate of drug-likeness (QED) is 0.864. The smallest absolute Gasteiger partial charge is 0.382 e. The monoisotopic (exact) mass is 301 g/mol. The summed E-state index contributed by atoms with van der Waals surface area (Å²) in [5, 5.41) is 8.87. The van der Waals surface area contributed by atoms with Crippen LogP contribution in [0.25, 0.3) is 0 Å². The van der Waals surface area contributed by atoms with Gasteiger partial charge >= 0.3 is 12.4 Å². The van der Waals surface area contributed by atoms with Crippen molar-refractivity contribution >= 4 is 0 Å². The molecule has 0 bridgehead atoms. The first-order chi connectivity index (χ1) is 9.00. The average Bonchev–Trinajstić information content (AvgIpc) is 2.26. The number of rotatable bonds is 4. The van der Waals surface area contributed by atoms with Gasteiger partial charge in [0.05, 0.1) is 5.56 Å². The van der Waals surface area contributed by atoms with Crippen LogP contribution in [0, 0.1) is 0 Å². The molecule has 0 aliphatic rings. The molecule has 0 saturated carbocycles. The van der Waals surface area contributed by atoms with E-state index in [1.54, 1.807) is 0 Å². The number of hydrogen-bond acceptors (Lipinski definition) is 2. The summed E-state index contributed by atoms with van der Waals surface area (Å²) in [7, 11) is 1.34. The molecule has 8 heteroatoms. The van der Waals surface area contributed by atoms with Crippen LogP contribution in [-0.4, -0.2) is 35.9 Å². The fourth-order valence-electron chi connectivity index (χ4n) is 1.57. The molecule has 0 fully saturated rings. The van der Waals surface area contributed by atoms with Crippen molar-refractivity contribution in [2.75, 3.05) is 13.6 Å². The van der Waals surface area contributed by atoms with Crippen molar-refractivity contribution in [1.82, 2.24) is 4.90 Å². The Labute approximate surface area is 111 Å². The molecule has 1 atom stereocenters. The van der Waals surface area contributed by atoms with Crippen LogP contribution in [0.2, 0.25) is 0 Å². The lowest BCUT2D eigenvalue weighted by Crippen LogP contribution is -2.39. The highest BCUT2D eigenvalue weighted by atomic mass is 19.4. The van der Waals surface area contributed by atoms with E-state index in [0.717, 1.165) is 12.1 Å². The van der Waals surface area contributed by atoms with Gasteiger partial charge in [0.1, 0.15) is 0 Å². The van der Waals surface area contributed by atoms with Gasteiger partial charge in [-0.2, -0.15) is 26.3 Å². The number of hydrogen-bond donors (Lipinski definition) is 1. The maximum absolute atomic E-state index is 12.3. The van der Waals surface area contributed by atoms with Crippen molar-refractivity contribution in [3.63, 3.8) is 0 Å². The van der Waals surface area contributed by atoms with Crippen molar-refractivity contribution in [3.8, 4) is 0 Å². The molecular weight excluding hydrogens is 288 g/mol. The zero-order chi connectivity index (χ0) is 15.6. The third kappa shape index (κ3) is 5.01. The first kappa shape index (κ1) is 16.8. The molecule has 0 heterocycles. The summed E-state index contributed by atoms with van der Waals surface area (Å²) in [6.07, 6.45) is -11.6.